The molecule has 5 heteroatoms. The molecule has 0 saturated heterocycles. The average Bonchev–Trinajstić information content (AvgIpc) is 2.85. The molecule has 0 fully saturated rings. The van der Waals surface area contributed by atoms with E-state index < -0.39 is 0 Å². The van der Waals surface area contributed by atoms with Crippen molar-refractivity contribution in [1.82, 2.24) is 9.55 Å². The van der Waals surface area contributed by atoms with Crippen molar-refractivity contribution < 1.29 is 4.79 Å². The molecule has 106 valence electrons. The highest BCUT2D eigenvalue weighted by Crippen LogP contribution is 2.22. The van der Waals surface area contributed by atoms with E-state index in [4.69, 9.17) is 0 Å². The minimum Gasteiger partial charge on any atom is -0.329 e. The lowest BCUT2D eigenvalue weighted by Crippen LogP contribution is -2.22. The number of anilines is 1. The average molecular weight is 289 g/mol. The van der Waals surface area contributed by atoms with Crippen molar-refractivity contribution in [3.8, 4) is 0 Å². The quantitative estimate of drug-likeness (QED) is 0.860. The zero-order valence-electron chi connectivity index (χ0n) is 12.0. The molecule has 1 atom stereocenters. The van der Waals surface area contributed by atoms with Gasteiger partial charge in [0, 0.05) is 25.1 Å². The summed E-state index contributed by atoms with van der Waals surface area (Å²) in [5.41, 5.74) is 2.10. The fourth-order valence-corrected chi connectivity index (χ4v) is 2.58. The molecule has 0 aliphatic heterocycles. The molecule has 0 radical (unpaired) electrons. The number of carbonyl (C=O) groups is 1. The number of thioether (sulfide) groups is 1. The van der Waals surface area contributed by atoms with E-state index in [1.165, 1.54) is 17.3 Å². The molecule has 0 saturated carbocycles. The molecule has 2 rings (SSSR count). The molecular weight excluding hydrogens is 270 g/mol. The Balaban J connectivity index is 1.95. The van der Waals surface area contributed by atoms with Crippen LogP contribution in [-0.2, 0) is 18.3 Å². The molecule has 2 aromatic rings. The second-order valence-electron chi connectivity index (χ2n) is 4.62. The Morgan fingerprint density at radius 2 is 2.10 bits per heavy atom. The molecule has 0 spiro atoms. The summed E-state index contributed by atoms with van der Waals surface area (Å²) in [7, 11) is 1.92. The summed E-state index contributed by atoms with van der Waals surface area (Å²) in [4.78, 5) is 16.3. The third-order valence-electron chi connectivity index (χ3n) is 3.06. The lowest BCUT2D eigenvalue weighted by molar-refractivity contribution is -0.115. The van der Waals surface area contributed by atoms with Gasteiger partial charge in [0.1, 0.15) is 0 Å². The topological polar surface area (TPSA) is 46.9 Å². The molecule has 0 unspecified atom stereocenters. The summed E-state index contributed by atoms with van der Waals surface area (Å²) >= 11 is 1.45. The van der Waals surface area contributed by atoms with E-state index in [0.29, 0.717) is 0 Å². The first-order valence-corrected chi connectivity index (χ1v) is 7.52. The summed E-state index contributed by atoms with van der Waals surface area (Å²) in [6.07, 6.45) is 4.60. The molecule has 1 N–H and O–H groups in total. The van der Waals surface area contributed by atoms with Crippen LogP contribution in [0, 0.1) is 0 Å². The number of hydrogen-bond acceptors (Lipinski definition) is 3. The highest BCUT2D eigenvalue weighted by molar-refractivity contribution is 8.00. The van der Waals surface area contributed by atoms with Gasteiger partial charge in [-0.2, -0.15) is 0 Å². The Labute approximate surface area is 123 Å². The van der Waals surface area contributed by atoms with Crippen molar-refractivity contribution in [2.75, 3.05) is 5.32 Å². The molecule has 0 aliphatic rings. The third kappa shape index (κ3) is 3.63. The zero-order chi connectivity index (χ0) is 14.5. The molecule has 1 heterocycles. The maximum atomic E-state index is 12.1. The normalized spacial score (nSPS) is 12.2. The van der Waals surface area contributed by atoms with Gasteiger partial charge in [0.05, 0.1) is 5.25 Å². The molecule has 1 amide bonds. The fourth-order valence-electron chi connectivity index (χ4n) is 1.74. The number of nitrogens with zero attached hydrogens (tertiary/aromatic N) is 2. The number of hydrogen-bond donors (Lipinski definition) is 1. The van der Waals surface area contributed by atoms with Gasteiger partial charge in [-0.05, 0) is 31.0 Å². The second-order valence-corrected chi connectivity index (χ2v) is 5.93. The molecule has 4 nitrogen and oxygen atoms in total. The number of aryl methyl sites for hydroxylation is 2. The summed E-state index contributed by atoms with van der Waals surface area (Å²) in [5.74, 6) is -0.0118. The number of imidazole rings is 1. The molecular formula is C15H19N3OS. The number of nitrogens with one attached hydrogen (secondary N) is 1. The first-order chi connectivity index (χ1) is 9.60. The molecule has 1 aromatic carbocycles. The Morgan fingerprint density at radius 3 is 2.65 bits per heavy atom. The van der Waals surface area contributed by atoms with Crippen LogP contribution < -0.4 is 5.32 Å². The first-order valence-electron chi connectivity index (χ1n) is 6.64. The Hall–Kier alpha value is -1.75. The summed E-state index contributed by atoms with van der Waals surface area (Å²) < 4.78 is 1.91. The van der Waals surface area contributed by atoms with E-state index in [1.54, 1.807) is 6.20 Å². The van der Waals surface area contributed by atoms with Gasteiger partial charge in [-0.25, -0.2) is 4.98 Å². The maximum absolute atomic E-state index is 12.1. The van der Waals surface area contributed by atoms with Crippen molar-refractivity contribution in [2.24, 2.45) is 7.05 Å². The standard InChI is InChI=1S/C15H19N3OS/c1-4-12-5-7-13(8-6-12)17-14(19)11(2)20-15-16-9-10-18(15)3/h5-11H,4H2,1-3H3,(H,17,19)/t11-/m1/s1. The van der Waals surface area contributed by atoms with Crippen LogP contribution in [0.15, 0.2) is 41.8 Å². The van der Waals surface area contributed by atoms with Crippen LogP contribution in [0.4, 0.5) is 5.69 Å². The Bertz CT molecular complexity index is 577. The van der Waals surface area contributed by atoms with Crippen LogP contribution in [0.1, 0.15) is 19.4 Å². The monoisotopic (exact) mass is 289 g/mol. The second kappa shape index (κ2) is 6.61. The van der Waals surface area contributed by atoms with Crippen LogP contribution in [-0.4, -0.2) is 20.7 Å². The molecule has 1 aromatic heterocycles. The summed E-state index contributed by atoms with van der Waals surface area (Å²) in [5, 5.41) is 3.58. The Kier molecular flexibility index (Phi) is 4.84. The summed E-state index contributed by atoms with van der Waals surface area (Å²) in [6.45, 7) is 3.99. The minimum absolute atomic E-state index is 0.0118. The first kappa shape index (κ1) is 14.7. The van der Waals surface area contributed by atoms with Crippen molar-refractivity contribution in [2.45, 2.75) is 30.7 Å². The number of benzene rings is 1. The maximum Gasteiger partial charge on any atom is 0.237 e. The highest BCUT2D eigenvalue weighted by atomic mass is 32.2. The smallest absolute Gasteiger partial charge is 0.237 e. The van der Waals surface area contributed by atoms with E-state index in [2.05, 4.69) is 17.2 Å². The number of carbonyl (C=O) groups excluding carboxylic acids is 1. The molecule has 20 heavy (non-hydrogen) atoms. The number of rotatable bonds is 5. The number of aromatic nitrogens is 2. The van der Waals surface area contributed by atoms with Gasteiger partial charge < -0.3 is 9.88 Å². The lowest BCUT2D eigenvalue weighted by atomic mass is 10.1. The fraction of sp³-hybridized carbons (Fsp3) is 0.333. The van der Waals surface area contributed by atoms with Crippen molar-refractivity contribution in [3.05, 3.63) is 42.2 Å². The van der Waals surface area contributed by atoms with Crippen LogP contribution >= 0.6 is 11.8 Å². The van der Waals surface area contributed by atoms with E-state index in [1.807, 2.05) is 49.0 Å². The largest absolute Gasteiger partial charge is 0.329 e. The van der Waals surface area contributed by atoms with Gasteiger partial charge in [0.2, 0.25) is 5.91 Å². The van der Waals surface area contributed by atoms with E-state index in [9.17, 15) is 4.79 Å². The van der Waals surface area contributed by atoms with Gasteiger partial charge in [0.15, 0.2) is 5.16 Å². The molecule has 0 aliphatic carbocycles. The van der Waals surface area contributed by atoms with E-state index in [-0.39, 0.29) is 11.2 Å². The van der Waals surface area contributed by atoms with Gasteiger partial charge >= 0.3 is 0 Å². The highest BCUT2D eigenvalue weighted by Gasteiger charge is 2.16. The Morgan fingerprint density at radius 1 is 1.40 bits per heavy atom. The van der Waals surface area contributed by atoms with Crippen molar-refractivity contribution >= 4 is 23.4 Å². The minimum atomic E-state index is -0.193. The summed E-state index contributed by atoms with van der Waals surface area (Å²) in [6, 6.07) is 7.95. The van der Waals surface area contributed by atoms with Gasteiger partial charge in [-0.15, -0.1) is 0 Å². The predicted octanol–water partition coefficient (Wildman–Crippen LogP) is 3.10. The van der Waals surface area contributed by atoms with Crippen LogP contribution in [0.25, 0.3) is 0 Å². The van der Waals surface area contributed by atoms with Crippen LogP contribution in [0.5, 0.6) is 0 Å². The van der Waals surface area contributed by atoms with Gasteiger partial charge in [-0.3, -0.25) is 4.79 Å². The van der Waals surface area contributed by atoms with Crippen molar-refractivity contribution in [3.63, 3.8) is 0 Å². The van der Waals surface area contributed by atoms with E-state index >= 15 is 0 Å². The molecule has 0 bridgehead atoms. The van der Waals surface area contributed by atoms with Crippen LogP contribution in [0.2, 0.25) is 0 Å². The van der Waals surface area contributed by atoms with Crippen LogP contribution in [0.3, 0.4) is 0 Å². The SMILES string of the molecule is CCc1ccc(NC(=O)[C@@H](C)Sc2nccn2C)cc1. The predicted molar refractivity (Wildman–Crippen MR) is 83.0 cm³/mol. The van der Waals surface area contributed by atoms with Gasteiger partial charge in [-0.1, -0.05) is 30.8 Å². The van der Waals surface area contributed by atoms with Gasteiger partial charge in [0.25, 0.3) is 0 Å². The third-order valence-corrected chi connectivity index (χ3v) is 4.23. The van der Waals surface area contributed by atoms with Crippen molar-refractivity contribution in [1.29, 1.82) is 0 Å². The van der Waals surface area contributed by atoms with E-state index in [0.717, 1.165) is 17.3 Å². The lowest BCUT2D eigenvalue weighted by Gasteiger charge is -2.12. The zero-order valence-corrected chi connectivity index (χ0v) is 12.8. The number of amides is 1.